The summed E-state index contributed by atoms with van der Waals surface area (Å²) >= 11 is 0. The summed E-state index contributed by atoms with van der Waals surface area (Å²) in [5.41, 5.74) is 3.36. The van der Waals surface area contributed by atoms with Gasteiger partial charge in [-0.25, -0.2) is 14.5 Å². The molecule has 0 N–H and O–H groups in total. The van der Waals surface area contributed by atoms with Gasteiger partial charge in [-0.1, -0.05) is 60.7 Å². The van der Waals surface area contributed by atoms with Crippen molar-refractivity contribution in [1.82, 2.24) is 29.3 Å². The summed E-state index contributed by atoms with van der Waals surface area (Å²) in [6.45, 7) is 2.80. The van der Waals surface area contributed by atoms with Gasteiger partial charge in [0.05, 0.1) is 24.7 Å². The number of ether oxygens (including phenoxy) is 3. The molecular formula is C31H26N6O4. The van der Waals surface area contributed by atoms with E-state index in [2.05, 4.69) is 20.1 Å². The third kappa shape index (κ3) is 5.91. The maximum atomic E-state index is 12.2. The molecule has 3 heterocycles. The van der Waals surface area contributed by atoms with Crippen LogP contribution in [0.5, 0.6) is 17.4 Å². The van der Waals surface area contributed by atoms with Gasteiger partial charge < -0.3 is 18.8 Å². The van der Waals surface area contributed by atoms with Crippen LogP contribution >= 0.6 is 0 Å². The summed E-state index contributed by atoms with van der Waals surface area (Å²) < 4.78 is 20.7. The van der Waals surface area contributed by atoms with Crippen LogP contribution in [0.4, 0.5) is 0 Å². The average molecular weight is 547 g/mol. The van der Waals surface area contributed by atoms with E-state index in [9.17, 15) is 4.79 Å². The van der Waals surface area contributed by atoms with E-state index in [1.165, 1.54) is 17.1 Å². The van der Waals surface area contributed by atoms with Crippen LogP contribution in [-0.4, -0.2) is 41.9 Å². The third-order valence-electron chi connectivity index (χ3n) is 6.18. The minimum atomic E-state index is -0.469. The first kappa shape index (κ1) is 25.8. The Morgan fingerprint density at radius 1 is 0.878 bits per heavy atom. The lowest BCUT2D eigenvalue weighted by molar-refractivity contribution is 0.0526. The number of nitrogens with zero attached hydrogens (tertiary/aromatic N) is 6. The fourth-order valence-corrected chi connectivity index (χ4v) is 4.27. The molecule has 0 aliphatic heterocycles. The molecule has 0 aliphatic carbocycles. The first-order valence-electron chi connectivity index (χ1n) is 13.1. The van der Waals surface area contributed by atoms with E-state index in [4.69, 9.17) is 14.2 Å². The number of para-hydroxylation sites is 1. The average Bonchev–Trinajstić information content (AvgIpc) is 3.66. The topological polar surface area (TPSA) is 106 Å². The smallest absolute Gasteiger partial charge is 0.341 e. The molecule has 0 aliphatic rings. The highest BCUT2D eigenvalue weighted by atomic mass is 16.5. The van der Waals surface area contributed by atoms with Gasteiger partial charge in [0.15, 0.2) is 11.2 Å². The molecule has 0 bridgehead atoms. The minimum Gasteiger partial charge on any atom is -0.471 e. The second-order valence-electron chi connectivity index (χ2n) is 9.10. The standard InChI is InChI=1S/C31H26N6O4/c1-2-39-30(38)24-17-33-37(19-24)31-34-28-27(29(35-31)40-20-22-10-5-3-6-11-22)36(21-32-28)18-23-12-9-15-26(16-23)41-25-13-7-4-8-14-25/h3-17,19,21H,2,18,20H2,1H3. The molecule has 0 saturated heterocycles. The Labute approximate surface area is 235 Å². The normalized spacial score (nSPS) is 11.0. The fraction of sp³-hybridized carbons (Fsp3) is 0.129. The van der Waals surface area contributed by atoms with Crippen molar-refractivity contribution in [3.8, 4) is 23.3 Å². The maximum absolute atomic E-state index is 12.2. The van der Waals surface area contributed by atoms with Gasteiger partial charge in [0.2, 0.25) is 5.88 Å². The Morgan fingerprint density at radius 2 is 1.63 bits per heavy atom. The lowest BCUT2D eigenvalue weighted by Gasteiger charge is -2.12. The molecule has 10 nitrogen and oxygen atoms in total. The van der Waals surface area contributed by atoms with Crippen molar-refractivity contribution in [2.24, 2.45) is 0 Å². The molecule has 0 spiro atoms. The van der Waals surface area contributed by atoms with Gasteiger partial charge in [0.25, 0.3) is 5.95 Å². The largest absolute Gasteiger partial charge is 0.471 e. The summed E-state index contributed by atoms with van der Waals surface area (Å²) in [7, 11) is 0. The lowest BCUT2D eigenvalue weighted by atomic mass is 10.2. The van der Waals surface area contributed by atoms with Gasteiger partial charge in [-0.2, -0.15) is 15.1 Å². The molecule has 41 heavy (non-hydrogen) atoms. The summed E-state index contributed by atoms with van der Waals surface area (Å²) in [6, 6.07) is 27.3. The van der Waals surface area contributed by atoms with E-state index in [0.29, 0.717) is 35.8 Å². The number of rotatable bonds is 10. The van der Waals surface area contributed by atoms with E-state index >= 15 is 0 Å². The summed E-state index contributed by atoms with van der Waals surface area (Å²) in [4.78, 5) is 26.0. The van der Waals surface area contributed by atoms with Gasteiger partial charge in [-0.05, 0) is 42.3 Å². The Bertz CT molecular complexity index is 1780. The lowest BCUT2D eigenvalue weighted by Crippen LogP contribution is -2.08. The second-order valence-corrected chi connectivity index (χ2v) is 9.10. The van der Waals surface area contributed by atoms with Crippen LogP contribution in [0.3, 0.4) is 0 Å². The minimum absolute atomic E-state index is 0.222. The highest BCUT2D eigenvalue weighted by Crippen LogP contribution is 2.27. The van der Waals surface area contributed by atoms with E-state index in [0.717, 1.165) is 22.6 Å². The first-order valence-corrected chi connectivity index (χ1v) is 13.1. The third-order valence-corrected chi connectivity index (χ3v) is 6.18. The number of hydrogen-bond donors (Lipinski definition) is 0. The molecular weight excluding hydrogens is 520 g/mol. The van der Waals surface area contributed by atoms with E-state index < -0.39 is 5.97 Å². The van der Waals surface area contributed by atoms with E-state index in [1.54, 1.807) is 13.3 Å². The molecule has 3 aromatic carbocycles. The van der Waals surface area contributed by atoms with Gasteiger partial charge in [-0.3, -0.25) is 0 Å². The summed E-state index contributed by atoms with van der Waals surface area (Å²) in [5, 5.41) is 4.26. The Hall–Kier alpha value is -5.51. The number of esters is 1. The molecule has 204 valence electrons. The maximum Gasteiger partial charge on any atom is 0.341 e. The number of carbonyl (C=O) groups excluding carboxylic acids is 1. The quantitative estimate of drug-likeness (QED) is 0.204. The van der Waals surface area contributed by atoms with Crippen LogP contribution < -0.4 is 9.47 Å². The van der Waals surface area contributed by atoms with Crippen molar-refractivity contribution in [2.75, 3.05) is 6.61 Å². The zero-order valence-electron chi connectivity index (χ0n) is 22.3. The Kier molecular flexibility index (Phi) is 7.35. The van der Waals surface area contributed by atoms with Crippen LogP contribution in [0.2, 0.25) is 0 Å². The predicted molar refractivity (Wildman–Crippen MR) is 151 cm³/mol. The number of aromatic nitrogens is 6. The van der Waals surface area contributed by atoms with Crippen molar-refractivity contribution < 1.29 is 19.0 Å². The SMILES string of the molecule is CCOC(=O)c1cnn(-c2nc(OCc3ccccc3)c3c(ncn3Cc3cccc(Oc4ccccc4)c3)n2)c1. The van der Waals surface area contributed by atoms with Crippen molar-refractivity contribution in [3.63, 3.8) is 0 Å². The van der Waals surface area contributed by atoms with Gasteiger partial charge in [0, 0.05) is 12.7 Å². The van der Waals surface area contributed by atoms with Crippen molar-refractivity contribution in [3.05, 3.63) is 120 Å². The van der Waals surface area contributed by atoms with Gasteiger partial charge >= 0.3 is 5.97 Å². The molecule has 0 unspecified atom stereocenters. The Balaban J connectivity index is 1.33. The number of imidazole rings is 1. The summed E-state index contributed by atoms with van der Waals surface area (Å²) in [5.74, 6) is 1.59. The number of hydrogen-bond acceptors (Lipinski definition) is 8. The molecule has 0 fully saturated rings. The monoisotopic (exact) mass is 546 g/mol. The van der Waals surface area contributed by atoms with Gasteiger partial charge in [-0.15, -0.1) is 0 Å². The highest BCUT2D eigenvalue weighted by molar-refractivity contribution is 5.88. The fourth-order valence-electron chi connectivity index (χ4n) is 4.27. The second kappa shape index (κ2) is 11.7. The molecule has 10 heteroatoms. The molecule has 0 radical (unpaired) electrons. The van der Waals surface area contributed by atoms with Crippen molar-refractivity contribution in [2.45, 2.75) is 20.1 Å². The van der Waals surface area contributed by atoms with Crippen LogP contribution in [0.1, 0.15) is 28.4 Å². The Morgan fingerprint density at radius 3 is 2.44 bits per heavy atom. The summed E-state index contributed by atoms with van der Waals surface area (Å²) in [6.07, 6.45) is 4.64. The molecule has 6 aromatic rings. The first-order chi connectivity index (χ1) is 20.2. The molecule has 3 aromatic heterocycles. The zero-order valence-corrected chi connectivity index (χ0v) is 22.3. The predicted octanol–water partition coefficient (Wildman–Crippen LogP) is 5.61. The zero-order chi connectivity index (χ0) is 28.0. The highest BCUT2D eigenvalue weighted by Gasteiger charge is 2.19. The molecule has 0 atom stereocenters. The van der Waals surface area contributed by atoms with Crippen LogP contribution in [0.15, 0.2) is 104 Å². The van der Waals surface area contributed by atoms with E-state index in [-0.39, 0.29) is 12.6 Å². The molecule has 0 saturated carbocycles. The molecule has 0 amide bonds. The van der Waals surface area contributed by atoms with Crippen LogP contribution in [0.25, 0.3) is 17.1 Å². The van der Waals surface area contributed by atoms with E-state index in [1.807, 2.05) is 89.5 Å². The van der Waals surface area contributed by atoms with Crippen molar-refractivity contribution >= 4 is 17.1 Å². The molecule has 6 rings (SSSR count). The van der Waals surface area contributed by atoms with Gasteiger partial charge in [0.1, 0.15) is 18.1 Å². The number of carbonyl (C=O) groups is 1. The number of fused-ring (bicyclic) bond motifs is 1. The van der Waals surface area contributed by atoms with Crippen LogP contribution in [-0.2, 0) is 17.9 Å². The van der Waals surface area contributed by atoms with Crippen LogP contribution in [0, 0.1) is 0 Å². The van der Waals surface area contributed by atoms with Crippen molar-refractivity contribution in [1.29, 1.82) is 0 Å². The number of benzene rings is 3.